The Bertz CT molecular complexity index is 371. The smallest absolute Gasteiger partial charge is 0.327 e. The molecule has 1 unspecified atom stereocenters. The zero-order valence-electron chi connectivity index (χ0n) is 12.9. The van der Waals surface area contributed by atoms with E-state index in [1.807, 2.05) is 0 Å². The molecule has 0 saturated carbocycles. The molecule has 0 rings (SSSR count). The van der Waals surface area contributed by atoms with E-state index in [0.29, 0.717) is 0 Å². The van der Waals surface area contributed by atoms with Crippen LogP contribution in [0.25, 0.3) is 0 Å². The van der Waals surface area contributed by atoms with Gasteiger partial charge in [0.15, 0.2) is 0 Å². The van der Waals surface area contributed by atoms with Crippen molar-refractivity contribution in [2.45, 2.75) is 56.7 Å². The number of hydrogen-bond donors (Lipinski definition) is 3. The number of halogens is 2. The highest BCUT2D eigenvalue weighted by Gasteiger charge is 2.09. The number of aliphatic carboxylic acids is 3. The maximum absolute atomic E-state index is 10.2. The Kier molecular flexibility index (Phi) is 17.8. The molecule has 0 fully saturated rings. The average Bonchev–Trinajstić information content (AvgIpc) is 2.48. The molecule has 134 valence electrons. The lowest BCUT2D eigenvalue weighted by Crippen LogP contribution is -2.13. The van der Waals surface area contributed by atoms with E-state index >= 15 is 0 Å². The fraction of sp³-hybridized carbons (Fsp3) is 0.667. The third kappa shape index (κ3) is 23.1. The van der Waals surface area contributed by atoms with Crippen LogP contribution in [0.2, 0.25) is 0 Å². The number of hydrogen-bond acceptors (Lipinski definition) is 3. The van der Waals surface area contributed by atoms with Crippen LogP contribution in [0.4, 0.5) is 0 Å². The van der Waals surface area contributed by atoms with Crippen molar-refractivity contribution in [2.24, 2.45) is 0 Å². The third-order valence-corrected chi connectivity index (χ3v) is 3.48. The average molecular weight is 371 g/mol. The molecular weight excluding hydrogens is 347 g/mol. The monoisotopic (exact) mass is 370 g/mol. The summed E-state index contributed by atoms with van der Waals surface area (Å²) in [5, 5.41) is 23.7. The quantitative estimate of drug-likeness (QED) is 0.274. The second kappa shape index (κ2) is 17.1. The van der Waals surface area contributed by atoms with Crippen LogP contribution in [0.15, 0.2) is 12.2 Å². The van der Waals surface area contributed by atoms with Gasteiger partial charge < -0.3 is 15.3 Å². The Labute approximate surface area is 146 Å². The summed E-state index contributed by atoms with van der Waals surface area (Å²) >= 11 is 10.1. The lowest BCUT2D eigenvalue weighted by molar-refractivity contribution is -0.137. The summed E-state index contributed by atoms with van der Waals surface area (Å²) in [6.07, 6.45) is 9.89. The van der Waals surface area contributed by atoms with E-state index in [-0.39, 0.29) is 12.3 Å². The second-order valence-electron chi connectivity index (χ2n) is 4.75. The first kappa shape index (κ1) is 24.0. The number of carbonyl (C=O) groups is 3. The Morgan fingerprint density at radius 2 is 1.43 bits per heavy atom. The lowest BCUT2D eigenvalue weighted by Gasteiger charge is -1.98. The molecule has 6 nitrogen and oxygen atoms in total. The van der Waals surface area contributed by atoms with Crippen molar-refractivity contribution in [2.75, 3.05) is 5.88 Å². The molecule has 0 spiro atoms. The van der Waals surface area contributed by atoms with Gasteiger partial charge in [0.25, 0.3) is 0 Å². The highest BCUT2D eigenvalue weighted by molar-refractivity contribution is 6.35. The maximum atomic E-state index is 10.2. The molecule has 0 aromatic heterocycles. The van der Waals surface area contributed by atoms with Gasteiger partial charge in [-0.15, -0.1) is 23.2 Å². The Morgan fingerprint density at radius 1 is 0.913 bits per heavy atom. The fourth-order valence-electron chi connectivity index (χ4n) is 1.50. The second-order valence-corrected chi connectivity index (χ2v) is 5.59. The van der Waals surface area contributed by atoms with Crippen molar-refractivity contribution in [3.8, 4) is 0 Å². The summed E-state index contributed by atoms with van der Waals surface area (Å²) in [5.41, 5.74) is 0. The molecule has 0 amide bonds. The van der Waals surface area contributed by atoms with Crippen LogP contribution in [0.5, 0.6) is 0 Å². The van der Waals surface area contributed by atoms with Crippen LogP contribution in [0.3, 0.4) is 0 Å². The van der Waals surface area contributed by atoms with Gasteiger partial charge in [-0.25, -0.2) is 4.79 Å². The van der Waals surface area contributed by atoms with Crippen molar-refractivity contribution in [3.05, 3.63) is 12.2 Å². The number of unbranched alkanes of at least 4 members (excludes halogenated alkanes) is 6. The molecular formula is C15H24Cl2O6. The van der Waals surface area contributed by atoms with E-state index < -0.39 is 23.3 Å². The highest BCUT2D eigenvalue weighted by atomic mass is 35.5. The third-order valence-electron chi connectivity index (χ3n) is 2.68. The molecule has 0 saturated heterocycles. The van der Waals surface area contributed by atoms with Crippen LogP contribution < -0.4 is 0 Å². The van der Waals surface area contributed by atoms with Gasteiger partial charge in [0, 0.05) is 18.4 Å². The zero-order valence-corrected chi connectivity index (χ0v) is 14.4. The SMILES string of the molecule is O=C(O)C(Cl)CCl.O=C(O)C=CCCCCCCCCC(=O)O. The summed E-state index contributed by atoms with van der Waals surface area (Å²) in [5.74, 6) is -2.74. The first-order valence-electron chi connectivity index (χ1n) is 7.35. The van der Waals surface area contributed by atoms with Crippen molar-refractivity contribution in [1.82, 2.24) is 0 Å². The fourth-order valence-corrected chi connectivity index (χ4v) is 1.63. The Balaban J connectivity index is 0. The molecule has 0 aliphatic carbocycles. The lowest BCUT2D eigenvalue weighted by atomic mass is 10.1. The summed E-state index contributed by atoms with van der Waals surface area (Å²) in [7, 11) is 0. The number of rotatable bonds is 12. The molecule has 0 radical (unpaired) electrons. The van der Waals surface area contributed by atoms with Crippen LogP contribution >= 0.6 is 23.2 Å². The van der Waals surface area contributed by atoms with E-state index in [9.17, 15) is 14.4 Å². The first-order valence-corrected chi connectivity index (χ1v) is 8.32. The molecule has 0 aromatic rings. The zero-order chi connectivity index (χ0) is 18.1. The van der Waals surface area contributed by atoms with Gasteiger partial charge in [-0.1, -0.05) is 31.8 Å². The van der Waals surface area contributed by atoms with Gasteiger partial charge in [-0.3, -0.25) is 9.59 Å². The predicted molar refractivity (Wildman–Crippen MR) is 89.3 cm³/mol. The van der Waals surface area contributed by atoms with E-state index in [4.69, 9.17) is 38.5 Å². The molecule has 0 aliphatic heterocycles. The number of allylic oxidation sites excluding steroid dienone is 1. The summed E-state index contributed by atoms with van der Waals surface area (Å²) in [6, 6.07) is 0. The minimum absolute atomic E-state index is 0.0448. The summed E-state index contributed by atoms with van der Waals surface area (Å²) < 4.78 is 0. The van der Waals surface area contributed by atoms with Gasteiger partial charge >= 0.3 is 17.9 Å². The number of alkyl halides is 2. The number of carboxylic acid groups (broad SMARTS) is 3. The Hall–Kier alpha value is -1.27. The van der Waals surface area contributed by atoms with Crippen LogP contribution in [0.1, 0.15) is 51.4 Å². The van der Waals surface area contributed by atoms with Crippen LogP contribution in [0, 0.1) is 0 Å². The van der Waals surface area contributed by atoms with Crippen molar-refractivity contribution in [3.63, 3.8) is 0 Å². The standard InChI is InChI=1S/C12H20O4.C3H4Cl2O2/c13-11(14)9-7-5-3-1-2-4-6-8-10-12(15)16;4-1-2(5)3(6)7/h7,9H,1-6,8,10H2,(H,13,14)(H,15,16);2H,1H2,(H,6,7). The topological polar surface area (TPSA) is 112 Å². The normalized spacial score (nSPS) is 11.6. The van der Waals surface area contributed by atoms with E-state index in [1.54, 1.807) is 6.08 Å². The van der Waals surface area contributed by atoms with E-state index in [2.05, 4.69) is 0 Å². The largest absolute Gasteiger partial charge is 0.481 e. The van der Waals surface area contributed by atoms with Crippen LogP contribution in [-0.4, -0.2) is 44.5 Å². The summed E-state index contributed by atoms with van der Waals surface area (Å²) in [4.78, 5) is 30.0. The molecule has 0 bridgehead atoms. The predicted octanol–water partition coefficient (Wildman–Crippen LogP) is 3.75. The molecule has 0 aromatic carbocycles. The number of carboxylic acids is 3. The van der Waals surface area contributed by atoms with Gasteiger partial charge in [-0.05, 0) is 19.3 Å². The molecule has 3 N–H and O–H groups in total. The highest BCUT2D eigenvalue weighted by Crippen LogP contribution is 2.08. The minimum atomic E-state index is -1.07. The minimum Gasteiger partial charge on any atom is -0.481 e. The molecule has 1 atom stereocenters. The van der Waals surface area contributed by atoms with Gasteiger partial charge in [0.05, 0.1) is 0 Å². The molecule has 0 aliphatic rings. The molecule has 8 heteroatoms. The Morgan fingerprint density at radius 3 is 1.83 bits per heavy atom. The van der Waals surface area contributed by atoms with E-state index in [1.165, 1.54) is 6.08 Å². The van der Waals surface area contributed by atoms with Gasteiger partial charge in [0.1, 0.15) is 5.38 Å². The first-order chi connectivity index (χ1) is 10.8. The van der Waals surface area contributed by atoms with Crippen molar-refractivity contribution < 1.29 is 29.7 Å². The summed E-state index contributed by atoms with van der Waals surface area (Å²) in [6.45, 7) is 0. The van der Waals surface area contributed by atoms with Gasteiger partial charge in [-0.2, -0.15) is 0 Å². The van der Waals surface area contributed by atoms with Gasteiger partial charge in [0.2, 0.25) is 0 Å². The molecule has 0 heterocycles. The van der Waals surface area contributed by atoms with Crippen molar-refractivity contribution in [1.29, 1.82) is 0 Å². The van der Waals surface area contributed by atoms with Crippen molar-refractivity contribution >= 4 is 41.1 Å². The van der Waals surface area contributed by atoms with E-state index in [0.717, 1.165) is 44.9 Å². The van der Waals surface area contributed by atoms with Crippen LogP contribution in [-0.2, 0) is 14.4 Å². The molecule has 23 heavy (non-hydrogen) atoms. The maximum Gasteiger partial charge on any atom is 0.327 e.